The number of esters is 1. The third-order valence-electron chi connectivity index (χ3n) is 2.73. The van der Waals surface area contributed by atoms with Gasteiger partial charge in [-0.05, 0) is 5.56 Å². The normalized spacial score (nSPS) is 17.6. The van der Waals surface area contributed by atoms with Gasteiger partial charge in [0, 0.05) is 13.0 Å². The highest BCUT2D eigenvalue weighted by Crippen LogP contribution is 2.14. The maximum absolute atomic E-state index is 11.4. The van der Waals surface area contributed by atoms with E-state index in [9.17, 15) is 9.59 Å². The number of rotatable bonds is 6. The first-order valence-corrected chi connectivity index (χ1v) is 6.49. The maximum Gasteiger partial charge on any atom is 0.407 e. The molecule has 0 bridgehead atoms. The zero-order valence-corrected chi connectivity index (χ0v) is 11.0. The van der Waals surface area contributed by atoms with E-state index in [0.717, 1.165) is 5.56 Å². The van der Waals surface area contributed by atoms with Gasteiger partial charge in [0.1, 0.15) is 6.61 Å². The molecule has 1 aromatic carbocycles. The number of nitrogens with one attached hydrogen (secondary N) is 1. The van der Waals surface area contributed by atoms with E-state index in [0.29, 0.717) is 19.4 Å². The third-order valence-corrected chi connectivity index (χ3v) is 2.73. The number of hydrogen-bond donors (Lipinski definition) is 1. The molecule has 1 aromatic rings. The molecule has 6 nitrogen and oxygen atoms in total. The van der Waals surface area contributed by atoms with Gasteiger partial charge in [-0.15, -0.1) is 0 Å². The summed E-state index contributed by atoms with van der Waals surface area (Å²) in [5, 5.41) is 2.56. The number of amides is 1. The molecule has 1 N–H and O–H groups in total. The van der Waals surface area contributed by atoms with E-state index >= 15 is 0 Å². The van der Waals surface area contributed by atoms with Gasteiger partial charge in [-0.3, -0.25) is 4.79 Å². The van der Waals surface area contributed by atoms with Gasteiger partial charge in [0.15, 0.2) is 0 Å². The Morgan fingerprint density at radius 1 is 1.35 bits per heavy atom. The Labute approximate surface area is 117 Å². The van der Waals surface area contributed by atoms with Crippen LogP contribution in [-0.2, 0) is 25.6 Å². The number of carbonyl (C=O) groups excluding carboxylic acids is 2. The summed E-state index contributed by atoms with van der Waals surface area (Å²) < 4.78 is 15.2. The lowest BCUT2D eigenvalue weighted by Crippen LogP contribution is -2.29. The minimum atomic E-state index is -0.499. The van der Waals surface area contributed by atoms with Crippen molar-refractivity contribution in [2.45, 2.75) is 25.7 Å². The monoisotopic (exact) mass is 279 g/mol. The lowest BCUT2D eigenvalue weighted by Gasteiger charge is -2.11. The molecule has 0 saturated carbocycles. The molecule has 1 heterocycles. The summed E-state index contributed by atoms with van der Waals surface area (Å²) in [6.45, 7) is 0.813. The van der Waals surface area contributed by atoms with E-state index in [2.05, 4.69) is 5.32 Å². The quantitative estimate of drug-likeness (QED) is 0.632. The number of benzene rings is 1. The van der Waals surface area contributed by atoms with Crippen LogP contribution in [0.25, 0.3) is 0 Å². The molecule has 0 aromatic heterocycles. The van der Waals surface area contributed by atoms with Crippen LogP contribution in [0.1, 0.15) is 18.4 Å². The van der Waals surface area contributed by atoms with E-state index in [4.69, 9.17) is 14.2 Å². The summed E-state index contributed by atoms with van der Waals surface area (Å²) in [5.74, 6) is -0.245. The molecule has 1 aliphatic heterocycles. The van der Waals surface area contributed by atoms with Crippen LogP contribution in [0.3, 0.4) is 0 Å². The second-order valence-corrected chi connectivity index (χ2v) is 4.32. The highest BCUT2D eigenvalue weighted by Gasteiger charge is 2.23. The number of cyclic esters (lactones) is 1. The van der Waals surface area contributed by atoms with E-state index in [1.807, 2.05) is 30.3 Å². The molecule has 1 amide bonds. The lowest BCUT2D eigenvalue weighted by molar-refractivity contribution is -0.162. The molecule has 0 aliphatic carbocycles. The van der Waals surface area contributed by atoms with Crippen LogP contribution in [0.4, 0.5) is 4.79 Å². The van der Waals surface area contributed by atoms with Gasteiger partial charge in [0.2, 0.25) is 6.29 Å². The second-order valence-electron chi connectivity index (χ2n) is 4.32. The molecule has 0 radical (unpaired) electrons. The summed E-state index contributed by atoms with van der Waals surface area (Å²) in [4.78, 5) is 22.2. The number of alkyl carbamates (subject to hydrolysis) is 1. The molecule has 6 heteroatoms. The van der Waals surface area contributed by atoms with Gasteiger partial charge in [-0.1, -0.05) is 30.3 Å². The second kappa shape index (κ2) is 7.49. The Morgan fingerprint density at radius 2 is 2.15 bits per heavy atom. The van der Waals surface area contributed by atoms with Crippen molar-refractivity contribution < 1.29 is 23.8 Å². The van der Waals surface area contributed by atoms with Gasteiger partial charge in [0.25, 0.3) is 0 Å². The van der Waals surface area contributed by atoms with Crippen LogP contribution in [0, 0.1) is 0 Å². The molecule has 20 heavy (non-hydrogen) atoms. The van der Waals surface area contributed by atoms with E-state index in [1.165, 1.54) is 0 Å². The van der Waals surface area contributed by atoms with E-state index < -0.39 is 12.4 Å². The largest absolute Gasteiger partial charge is 0.445 e. The minimum absolute atomic E-state index is 0.230. The molecule has 1 aliphatic rings. The van der Waals surface area contributed by atoms with Crippen molar-refractivity contribution in [3.8, 4) is 0 Å². The fourth-order valence-corrected chi connectivity index (χ4v) is 1.74. The predicted octanol–water partition coefficient (Wildman–Crippen LogP) is 1.59. The predicted molar refractivity (Wildman–Crippen MR) is 69.7 cm³/mol. The highest BCUT2D eigenvalue weighted by atomic mass is 16.7. The smallest absolute Gasteiger partial charge is 0.407 e. The number of hydrogen-bond acceptors (Lipinski definition) is 5. The molecule has 108 valence electrons. The zero-order chi connectivity index (χ0) is 14.2. The highest BCUT2D eigenvalue weighted by molar-refractivity contribution is 5.71. The average molecular weight is 279 g/mol. The van der Waals surface area contributed by atoms with E-state index in [-0.39, 0.29) is 19.2 Å². The molecule has 1 saturated heterocycles. The molecule has 2 rings (SSSR count). The number of ether oxygens (including phenoxy) is 3. The molecular formula is C14H17NO5. The summed E-state index contributed by atoms with van der Waals surface area (Å²) >= 11 is 0. The Hall–Kier alpha value is -2.08. The van der Waals surface area contributed by atoms with Crippen LogP contribution in [0.15, 0.2) is 30.3 Å². The van der Waals surface area contributed by atoms with Gasteiger partial charge in [-0.2, -0.15) is 0 Å². The third kappa shape index (κ3) is 4.89. The van der Waals surface area contributed by atoms with Crippen molar-refractivity contribution >= 4 is 12.1 Å². The standard InChI is InChI=1S/C14H17NO5/c16-12-6-7-13(20-12)18-9-8-15-14(17)19-10-11-4-2-1-3-5-11/h1-5,13H,6-10H2,(H,15,17)/t13-/m1/s1. The molecule has 1 atom stereocenters. The zero-order valence-electron chi connectivity index (χ0n) is 11.0. The van der Waals surface area contributed by atoms with Crippen molar-refractivity contribution in [3.63, 3.8) is 0 Å². The van der Waals surface area contributed by atoms with Crippen molar-refractivity contribution in [2.24, 2.45) is 0 Å². The first-order chi connectivity index (χ1) is 9.74. The van der Waals surface area contributed by atoms with Crippen molar-refractivity contribution in [1.29, 1.82) is 0 Å². The molecule has 0 spiro atoms. The Morgan fingerprint density at radius 3 is 2.85 bits per heavy atom. The Bertz CT molecular complexity index is 448. The fourth-order valence-electron chi connectivity index (χ4n) is 1.74. The summed E-state index contributed by atoms with van der Waals surface area (Å²) in [5.41, 5.74) is 0.928. The van der Waals surface area contributed by atoms with Gasteiger partial charge in [0.05, 0.1) is 13.0 Å². The van der Waals surface area contributed by atoms with Crippen LogP contribution >= 0.6 is 0 Å². The molecular weight excluding hydrogens is 262 g/mol. The summed E-state index contributed by atoms with van der Waals surface area (Å²) in [6.07, 6.45) is -0.0281. The number of carbonyl (C=O) groups is 2. The topological polar surface area (TPSA) is 73.9 Å². The van der Waals surface area contributed by atoms with Crippen LogP contribution in [0.2, 0.25) is 0 Å². The Kier molecular flexibility index (Phi) is 5.37. The fraction of sp³-hybridized carbons (Fsp3) is 0.429. The molecule has 0 unspecified atom stereocenters. The average Bonchev–Trinajstić information content (AvgIpc) is 2.88. The molecule has 1 fully saturated rings. The Balaban J connectivity index is 1.53. The van der Waals surface area contributed by atoms with Crippen molar-refractivity contribution in [1.82, 2.24) is 5.32 Å². The SMILES string of the molecule is O=C1CC[C@H](OCCNC(=O)OCc2ccccc2)O1. The first-order valence-electron chi connectivity index (χ1n) is 6.49. The lowest BCUT2D eigenvalue weighted by atomic mass is 10.2. The minimum Gasteiger partial charge on any atom is -0.445 e. The van der Waals surface area contributed by atoms with Crippen molar-refractivity contribution in [3.05, 3.63) is 35.9 Å². The summed E-state index contributed by atoms with van der Waals surface area (Å²) in [7, 11) is 0. The van der Waals surface area contributed by atoms with Crippen molar-refractivity contribution in [2.75, 3.05) is 13.2 Å². The maximum atomic E-state index is 11.4. The van der Waals surface area contributed by atoms with Crippen LogP contribution < -0.4 is 5.32 Å². The van der Waals surface area contributed by atoms with E-state index in [1.54, 1.807) is 0 Å². The van der Waals surface area contributed by atoms with Gasteiger partial charge < -0.3 is 19.5 Å². The van der Waals surface area contributed by atoms with Gasteiger partial charge in [-0.25, -0.2) is 4.79 Å². The summed E-state index contributed by atoms with van der Waals surface area (Å²) in [6, 6.07) is 9.42. The van der Waals surface area contributed by atoms with Gasteiger partial charge >= 0.3 is 12.1 Å². The van der Waals surface area contributed by atoms with Crippen LogP contribution in [0.5, 0.6) is 0 Å². The first kappa shape index (κ1) is 14.3. The van der Waals surface area contributed by atoms with Crippen LogP contribution in [-0.4, -0.2) is 31.5 Å².